The number of aryl methyl sites for hydroxylation is 2. The third-order valence-electron chi connectivity index (χ3n) is 9.59. The smallest absolute Gasteiger partial charge is 0.274 e. The molecule has 4 aromatic rings. The molecule has 7 rings (SSSR count). The lowest BCUT2D eigenvalue weighted by Crippen LogP contribution is -2.41. The molecule has 0 radical (unpaired) electrons. The summed E-state index contributed by atoms with van der Waals surface area (Å²) in [5.41, 5.74) is 5.74. The van der Waals surface area contributed by atoms with Gasteiger partial charge in [0.05, 0.1) is 12.3 Å². The fraction of sp³-hybridized carbons (Fsp3) is 0.382. The minimum atomic E-state index is -0.533. The molecule has 0 spiro atoms. The van der Waals surface area contributed by atoms with Gasteiger partial charge in [0, 0.05) is 54.9 Å². The first-order valence-corrected chi connectivity index (χ1v) is 15.4. The number of nitrogens with zero attached hydrogens (tertiary/aromatic N) is 4. The van der Waals surface area contributed by atoms with Crippen molar-refractivity contribution in [2.24, 2.45) is 7.05 Å². The lowest BCUT2D eigenvalue weighted by atomic mass is 9.92. The Morgan fingerprint density at radius 3 is 2.68 bits per heavy atom. The summed E-state index contributed by atoms with van der Waals surface area (Å²) in [7, 11) is 1.63. The Balaban J connectivity index is 1.23. The highest BCUT2D eigenvalue weighted by Crippen LogP contribution is 2.37. The lowest BCUT2D eigenvalue weighted by molar-refractivity contribution is 0.0964. The van der Waals surface area contributed by atoms with Gasteiger partial charge in [0.1, 0.15) is 23.0 Å². The molecule has 228 valence electrons. The van der Waals surface area contributed by atoms with Crippen molar-refractivity contribution in [3.8, 4) is 11.1 Å². The molecule has 5 heterocycles. The summed E-state index contributed by atoms with van der Waals surface area (Å²) in [6, 6.07) is 10.1. The Morgan fingerprint density at radius 2 is 1.93 bits per heavy atom. The molecule has 3 aromatic heterocycles. The summed E-state index contributed by atoms with van der Waals surface area (Å²) in [6.07, 6.45) is 9.74. The van der Waals surface area contributed by atoms with Crippen LogP contribution in [0.4, 0.5) is 21.6 Å². The van der Waals surface area contributed by atoms with Gasteiger partial charge in [0.2, 0.25) is 0 Å². The molecule has 1 amide bonds. The van der Waals surface area contributed by atoms with Crippen LogP contribution in [0.1, 0.15) is 65.5 Å². The van der Waals surface area contributed by atoms with E-state index in [1.807, 2.05) is 24.4 Å². The number of anilines is 3. The van der Waals surface area contributed by atoms with E-state index in [0.717, 1.165) is 50.6 Å². The fourth-order valence-corrected chi connectivity index (χ4v) is 7.18. The van der Waals surface area contributed by atoms with Gasteiger partial charge in [-0.25, -0.2) is 9.37 Å². The predicted octanol–water partition coefficient (Wildman–Crippen LogP) is 4.76. The maximum Gasteiger partial charge on any atom is 0.274 e. The van der Waals surface area contributed by atoms with E-state index in [9.17, 15) is 14.7 Å². The lowest BCUT2D eigenvalue weighted by Gasteiger charge is -2.31. The maximum absolute atomic E-state index is 15.3. The largest absolute Gasteiger partial charge is 0.392 e. The molecular formula is C34H37FN6O3. The highest BCUT2D eigenvalue weighted by molar-refractivity contribution is 6.07. The van der Waals surface area contributed by atoms with Gasteiger partial charge in [-0.3, -0.25) is 9.59 Å². The van der Waals surface area contributed by atoms with Crippen LogP contribution in [-0.2, 0) is 38.6 Å². The number of hydrogen-bond acceptors (Lipinski definition) is 6. The second-order valence-electron chi connectivity index (χ2n) is 12.4. The number of aliphatic hydroxyl groups excluding tert-OH is 1. The number of carbonyl (C=O) groups excluding carboxylic acids is 1. The van der Waals surface area contributed by atoms with Crippen LogP contribution in [-0.4, -0.2) is 38.2 Å². The number of halogens is 1. The second-order valence-corrected chi connectivity index (χ2v) is 12.4. The molecular weight excluding hydrogens is 559 g/mol. The van der Waals surface area contributed by atoms with Gasteiger partial charge in [-0.1, -0.05) is 6.07 Å². The van der Waals surface area contributed by atoms with Crippen LogP contribution >= 0.6 is 0 Å². The Labute approximate surface area is 255 Å². The summed E-state index contributed by atoms with van der Waals surface area (Å²) in [6.45, 7) is 3.71. The molecule has 9 nitrogen and oxygen atoms in total. The van der Waals surface area contributed by atoms with Crippen LogP contribution in [0.3, 0.4) is 0 Å². The number of hydrogen-bond donors (Lipinski definition) is 3. The van der Waals surface area contributed by atoms with Crippen molar-refractivity contribution >= 4 is 23.1 Å². The number of amides is 1. The van der Waals surface area contributed by atoms with E-state index in [0.29, 0.717) is 47.0 Å². The van der Waals surface area contributed by atoms with Crippen LogP contribution in [0, 0.1) is 5.82 Å². The van der Waals surface area contributed by atoms with Crippen molar-refractivity contribution in [3.63, 3.8) is 0 Å². The molecule has 0 unspecified atom stereocenters. The summed E-state index contributed by atoms with van der Waals surface area (Å²) in [4.78, 5) is 33.1. The Hall–Kier alpha value is -4.28. The van der Waals surface area contributed by atoms with E-state index >= 15 is 4.39 Å². The number of fused-ring (bicyclic) bond motifs is 3. The topological polar surface area (TPSA) is 104 Å². The number of rotatable bonds is 6. The quantitative estimate of drug-likeness (QED) is 0.297. The van der Waals surface area contributed by atoms with Crippen molar-refractivity contribution in [2.45, 2.75) is 64.1 Å². The van der Waals surface area contributed by atoms with Crippen molar-refractivity contribution in [1.29, 1.82) is 0 Å². The van der Waals surface area contributed by atoms with Gasteiger partial charge < -0.3 is 29.8 Å². The summed E-state index contributed by atoms with van der Waals surface area (Å²) >= 11 is 0. The van der Waals surface area contributed by atoms with Gasteiger partial charge in [0.15, 0.2) is 0 Å². The predicted molar refractivity (Wildman–Crippen MR) is 168 cm³/mol. The average molecular weight is 597 g/mol. The fourth-order valence-electron chi connectivity index (χ4n) is 7.18. The van der Waals surface area contributed by atoms with Crippen molar-refractivity contribution in [1.82, 2.24) is 19.4 Å². The molecule has 1 aromatic carbocycles. The van der Waals surface area contributed by atoms with Crippen molar-refractivity contribution in [3.05, 3.63) is 93.0 Å². The summed E-state index contributed by atoms with van der Waals surface area (Å²) in [5, 5.41) is 17.3. The Kier molecular flexibility index (Phi) is 7.13. The van der Waals surface area contributed by atoms with Gasteiger partial charge >= 0.3 is 0 Å². The zero-order chi connectivity index (χ0) is 30.6. The van der Waals surface area contributed by atoms with E-state index in [4.69, 9.17) is 0 Å². The van der Waals surface area contributed by atoms with E-state index in [-0.39, 0.29) is 22.7 Å². The number of benzene rings is 1. The third kappa shape index (κ3) is 4.82. The van der Waals surface area contributed by atoms with Gasteiger partial charge in [-0.2, -0.15) is 0 Å². The third-order valence-corrected chi connectivity index (χ3v) is 9.59. The molecule has 2 aliphatic heterocycles. The number of pyridine rings is 2. The number of nitrogens with one attached hydrogen (secondary N) is 2. The molecule has 1 atom stereocenters. The zero-order valence-corrected chi connectivity index (χ0v) is 25.1. The van der Waals surface area contributed by atoms with E-state index in [2.05, 4.69) is 27.1 Å². The monoisotopic (exact) mass is 596 g/mol. The second kappa shape index (κ2) is 11.0. The molecule has 10 heteroatoms. The molecule has 3 N–H and O–H groups in total. The summed E-state index contributed by atoms with van der Waals surface area (Å²) in [5.74, 6) is -0.220. The first-order valence-electron chi connectivity index (χ1n) is 15.4. The van der Waals surface area contributed by atoms with Gasteiger partial charge in [0.25, 0.3) is 11.5 Å². The van der Waals surface area contributed by atoms with E-state index < -0.39 is 12.4 Å². The van der Waals surface area contributed by atoms with Crippen LogP contribution in [0.2, 0.25) is 0 Å². The molecule has 1 aliphatic carbocycles. The van der Waals surface area contributed by atoms with Gasteiger partial charge in [-0.05, 0) is 99.0 Å². The summed E-state index contributed by atoms with van der Waals surface area (Å²) < 4.78 is 18.8. The Morgan fingerprint density at radius 1 is 1.09 bits per heavy atom. The van der Waals surface area contributed by atoms with E-state index in [1.54, 1.807) is 24.2 Å². The first-order chi connectivity index (χ1) is 21.3. The standard InChI is InChI=1S/C34H37FN6O3/c1-34(10-5-11-37-34)23-8-9-31(36-18-23)38-27-14-22(19-39(2)32(27)43)25-16-24(35)17-29(26(25)20-42)41-13-12-40-28-7-4-3-6-21(28)15-30(40)33(41)44/h8-9,14-19,37,42H,3-7,10-13,20H2,1-2H3,(H,36,38)/t34-/m0/s1. The average Bonchev–Trinajstić information content (AvgIpc) is 3.64. The minimum Gasteiger partial charge on any atom is -0.392 e. The van der Waals surface area contributed by atoms with Crippen LogP contribution < -0.4 is 21.1 Å². The van der Waals surface area contributed by atoms with Crippen LogP contribution in [0.5, 0.6) is 0 Å². The molecule has 0 bridgehead atoms. The molecule has 0 saturated carbocycles. The van der Waals surface area contributed by atoms with Crippen molar-refractivity contribution < 1.29 is 14.3 Å². The molecule has 1 saturated heterocycles. The highest BCUT2D eigenvalue weighted by Gasteiger charge is 2.33. The minimum absolute atomic E-state index is 0.115. The number of carbonyl (C=O) groups is 1. The molecule has 3 aliphatic rings. The normalized spacial score (nSPS) is 19.6. The van der Waals surface area contributed by atoms with Gasteiger partial charge in [-0.15, -0.1) is 0 Å². The van der Waals surface area contributed by atoms with Crippen molar-refractivity contribution in [2.75, 3.05) is 23.3 Å². The highest BCUT2D eigenvalue weighted by atomic mass is 19.1. The van der Waals surface area contributed by atoms with E-state index in [1.165, 1.54) is 28.0 Å². The SMILES string of the molecule is Cn1cc(-c2cc(F)cc(N3CCn4c(cc5c4CCCC5)C3=O)c2CO)cc(Nc2ccc([C@]3(C)CCCN3)cn2)c1=O. The van der Waals surface area contributed by atoms with Crippen LogP contribution in [0.25, 0.3) is 11.1 Å². The molecule has 1 fully saturated rings. The zero-order valence-electron chi connectivity index (χ0n) is 25.1. The first kappa shape index (κ1) is 28.5. The van der Waals surface area contributed by atoms with Crippen LogP contribution in [0.15, 0.2) is 53.6 Å². The maximum atomic E-state index is 15.3. The number of aromatic nitrogens is 3. The Bertz CT molecular complexity index is 1820. The number of aliphatic hydroxyl groups is 1. The molecule has 44 heavy (non-hydrogen) atoms.